The summed E-state index contributed by atoms with van der Waals surface area (Å²) in [5.41, 5.74) is 4.92. The second-order valence-electron chi connectivity index (χ2n) is 4.25. The molecule has 1 heterocycles. The summed E-state index contributed by atoms with van der Waals surface area (Å²) in [6, 6.07) is 17.2. The number of aromatic amines is 1. The van der Waals surface area contributed by atoms with Crippen molar-refractivity contribution in [3.05, 3.63) is 57.7 Å². The molecule has 0 fully saturated rings. The number of benzene rings is 2. The van der Waals surface area contributed by atoms with Gasteiger partial charge in [0.2, 0.25) is 0 Å². The predicted octanol–water partition coefficient (Wildman–Crippen LogP) is 4.75. The molecule has 3 aromatic rings. The predicted molar refractivity (Wildman–Crippen MR) is 81.2 cm³/mol. The van der Waals surface area contributed by atoms with Gasteiger partial charge in [-0.3, -0.25) is 0 Å². The van der Waals surface area contributed by atoms with Crippen LogP contribution in [-0.2, 0) is 0 Å². The van der Waals surface area contributed by atoms with Gasteiger partial charge < -0.3 is 4.98 Å². The van der Waals surface area contributed by atoms with E-state index in [0.29, 0.717) is 0 Å². The first-order valence-electron chi connectivity index (χ1n) is 5.58. The standard InChI is InChI=1S/C15H12IN/c1-10-5-7-11(8-6-10)15-9-12-13(16)3-2-4-14(12)17-15/h2-9,17H,1H3. The number of nitrogens with one attached hydrogen (secondary N) is 1. The van der Waals surface area contributed by atoms with Gasteiger partial charge in [-0.25, -0.2) is 0 Å². The highest BCUT2D eigenvalue weighted by Crippen LogP contribution is 2.27. The van der Waals surface area contributed by atoms with Crippen molar-refractivity contribution >= 4 is 33.5 Å². The van der Waals surface area contributed by atoms with E-state index in [1.807, 2.05) is 0 Å². The molecule has 0 bridgehead atoms. The summed E-state index contributed by atoms with van der Waals surface area (Å²) in [6.07, 6.45) is 0. The Labute approximate surface area is 114 Å². The van der Waals surface area contributed by atoms with Gasteiger partial charge in [-0.15, -0.1) is 0 Å². The molecule has 0 amide bonds. The monoisotopic (exact) mass is 333 g/mol. The Bertz CT molecular complexity index is 665. The van der Waals surface area contributed by atoms with E-state index in [-0.39, 0.29) is 0 Å². The summed E-state index contributed by atoms with van der Waals surface area (Å²) in [6.45, 7) is 2.11. The summed E-state index contributed by atoms with van der Waals surface area (Å²) >= 11 is 2.38. The van der Waals surface area contributed by atoms with Crippen LogP contribution in [0.4, 0.5) is 0 Å². The van der Waals surface area contributed by atoms with Crippen LogP contribution in [0.5, 0.6) is 0 Å². The van der Waals surface area contributed by atoms with Gasteiger partial charge in [0.1, 0.15) is 0 Å². The second kappa shape index (κ2) is 4.18. The third kappa shape index (κ3) is 1.97. The van der Waals surface area contributed by atoms with Gasteiger partial charge in [0.05, 0.1) is 0 Å². The summed E-state index contributed by atoms with van der Waals surface area (Å²) in [5.74, 6) is 0. The molecule has 0 saturated carbocycles. The Morgan fingerprint density at radius 2 is 1.76 bits per heavy atom. The Kier molecular flexibility index (Phi) is 2.67. The number of H-pyrrole nitrogens is 1. The number of fused-ring (bicyclic) bond motifs is 1. The van der Waals surface area contributed by atoms with E-state index in [1.54, 1.807) is 0 Å². The molecule has 0 unspecified atom stereocenters. The minimum atomic E-state index is 1.18. The fraction of sp³-hybridized carbons (Fsp3) is 0.0667. The summed E-state index contributed by atoms with van der Waals surface area (Å²) in [4.78, 5) is 3.47. The first-order chi connectivity index (χ1) is 8.24. The molecule has 0 aliphatic heterocycles. The average molecular weight is 333 g/mol. The normalized spacial score (nSPS) is 10.9. The van der Waals surface area contributed by atoms with Gasteiger partial charge in [0.15, 0.2) is 0 Å². The van der Waals surface area contributed by atoms with Gasteiger partial charge in [-0.2, -0.15) is 0 Å². The van der Waals surface area contributed by atoms with E-state index in [1.165, 1.54) is 31.3 Å². The Morgan fingerprint density at radius 3 is 2.47 bits per heavy atom. The minimum Gasteiger partial charge on any atom is -0.354 e. The molecule has 1 nitrogen and oxygen atoms in total. The molecule has 0 aliphatic carbocycles. The fourth-order valence-corrected chi connectivity index (χ4v) is 2.66. The van der Waals surface area contributed by atoms with Gasteiger partial charge in [0.25, 0.3) is 0 Å². The molecule has 84 valence electrons. The first-order valence-corrected chi connectivity index (χ1v) is 6.66. The number of halogens is 1. The molecule has 0 aliphatic rings. The third-order valence-corrected chi connectivity index (χ3v) is 3.91. The molecule has 0 radical (unpaired) electrons. The largest absolute Gasteiger partial charge is 0.354 e. The Balaban J connectivity index is 2.18. The first kappa shape index (κ1) is 10.8. The lowest BCUT2D eigenvalue weighted by Gasteiger charge is -1.97. The van der Waals surface area contributed by atoms with Crippen molar-refractivity contribution in [3.8, 4) is 11.3 Å². The van der Waals surface area contributed by atoms with Gasteiger partial charge in [-0.1, -0.05) is 35.9 Å². The Hall–Kier alpha value is -1.29. The van der Waals surface area contributed by atoms with E-state index in [2.05, 4.69) is 83.0 Å². The lowest BCUT2D eigenvalue weighted by molar-refractivity contribution is 1.42. The van der Waals surface area contributed by atoms with Crippen molar-refractivity contribution in [2.24, 2.45) is 0 Å². The quantitative estimate of drug-likeness (QED) is 0.619. The number of hydrogen-bond donors (Lipinski definition) is 1. The van der Waals surface area contributed by atoms with Crippen LogP contribution in [0, 0.1) is 10.5 Å². The van der Waals surface area contributed by atoms with Gasteiger partial charge in [0, 0.05) is 20.2 Å². The van der Waals surface area contributed by atoms with Crippen LogP contribution in [0.3, 0.4) is 0 Å². The van der Waals surface area contributed by atoms with E-state index >= 15 is 0 Å². The zero-order valence-electron chi connectivity index (χ0n) is 9.50. The molecular formula is C15H12IN. The summed E-state index contributed by atoms with van der Waals surface area (Å²) < 4.78 is 1.29. The molecule has 3 rings (SSSR count). The molecule has 0 spiro atoms. The molecule has 1 N–H and O–H groups in total. The average Bonchev–Trinajstić information content (AvgIpc) is 2.75. The molecule has 17 heavy (non-hydrogen) atoms. The van der Waals surface area contributed by atoms with Gasteiger partial charge >= 0.3 is 0 Å². The lowest BCUT2D eigenvalue weighted by Crippen LogP contribution is -1.77. The van der Waals surface area contributed by atoms with Crippen LogP contribution >= 0.6 is 22.6 Å². The van der Waals surface area contributed by atoms with E-state index in [4.69, 9.17) is 0 Å². The third-order valence-electron chi connectivity index (χ3n) is 2.97. The van der Waals surface area contributed by atoms with Crippen LogP contribution in [0.15, 0.2) is 48.5 Å². The number of aromatic nitrogens is 1. The highest BCUT2D eigenvalue weighted by Gasteiger charge is 2.04. The lowest BCUT2D eigenvalue weighted by atomic mass is 10.1. The van der Waals surface area contributed by atoms with E-state index < -0.39 is 0 Å². The summed E-state index contributed by atoms with van der Waals surface area (Å²) in [7, 11) is 0. The van der Waals surface area contributed by atoms with Crippen LogP contribution in [0.25, 0.3) is 22.2 Å². The van der Waals surface area contributed by atoms with Crippen molar-refractivity contribution in [2.45, 2.75) is 6.92 Å². The van der Waals surface area contributed by atoms with Crippen molar-refractivity contribution in [2.75, 3.05) is 0 Å². The van der Waals surface area contributed by atoms with Gasteiger partial charge in [-0.05, 0) is 53.3 Å². The van der Waals surface area contributed by atoms with E-state index in [0.717, 1.165) is 0 Å². The second-order valence-corrected chi connectivity index (χ2v) is 5.41. The Morgan fingerprint density at radius 1 is 1.00 bits per heavy atom. The van der Waals surface area contributed by atoms with Crippen LogP contribution in [-0.4, -0.2) is 4.98 Å². The molecule has 0 saturated heterocycles. The number of aryl methyl sites for hydroxylation is 1. The highest BCUT2D eigenvalue weighted by molar-refractivity contribution is 14.1. The minimum absolute atomic E-state index is 1.18. The fourth-order valence-electron chi connectivity index (χ4n) is 2.01. The SMILES string of the molecule is Cc1ccc(-c2cc3c(I)cccc3[nH]2)cc1. The molecule has 0 atom stereocenters. The van der Waals surface area contributed by atoms with Crippen LogP contribution in [0.1, 0.15) is 5.56 Å². The summed E-state index contributed by atoms with van der Waals surface area (Å²) in [5, 5.41) is 1.30. The maximum absolute atomic E-state index is 3.47. The van der Waals surface area contributed by atoms with Crippen molar-refractivity contribution in [3.63, 3.8) is 0 Å². The van der Waals surface area contributed by atoms with Crippen molar-refractivity contribution in [1.82, 2.24) is 4.98 Å². The van der Waals surface area contributed by atoms with Crippen LogP contribution < -0.4 is 0 Å². The molecule has 2 heteroatoms. The number of hydrogen-bond acceptors (Lipinski definition) is 0. The maximum atomic E-state index is 3.47. The zero-order valence-corrected chi connectivity index (χ0v) is 11.7. The highest BCUT2D eigenvalue weighted by atomic mass is 127. The molecule has 2 aromatic carbocycles. The zero-order chi connectivity index (χ0) is 11.8. The number of rotatable bonds is 1. The molecule has 1 aromatic heterocycles. The smallest absolute Gasteiger partial charge is 0.0469 e. The van der Waals surface area contributed by atoms with Crippen molar-refractivity contribution in [1.29, 1.82) is 0 Å². The molecular weight excluding hydrogens is 321 g/mol. The topological polar surface area (TPSA) is 15.8 Å². The van der Waals surface area contributed by atoms with Crippen molar-refractivity contribution < 1.29 is 0 Å². The van der Waals surface area contributed by atoms with E-state index in [9.17, 15) is 0 Å². The maximum Gasteiger partial charge on any atom is 0.0469 e. The van der Waals surface area contributed by atoms with Crippen LogP contribution in [0.2, 0.25) is 0 Å².